The van der Waals surface area contributed by atoms with E-state index in [1.165, 1.54) is 18.2 Å². The van der Waals surface area contributed by atoms with Gasteiger partial charge in [0.1, 0.15) is 0 Å². The van der Waals surface area contributed by atoms with Crippen molar-refractivity contribution < 1.29 is 19.2 Å². The van der Waals surface area contributed by atoms with Crippen molar-refractivity contribution in [2.45, 2.75) is 13.3 Å². The first kappa shape index (κ1) is 15.3. The number of aromatic nitrogens is 1. The van der Waals surface area contributed by atoms with Crippen LogP contribution in [0, 0.1) is 22.0 Å². The fourth-order valence-corrected chi connectivity index (χ4v) is 3.04. The molecule has 1 aliphatic rings. The van der Waals surface area contributed by atoms with Crippen molar-refractivity contribution >= 4 is 44.2 Å². The third-order valence-electron chi connectivity index (χ3n) is 3.59. The van der Waals surface area contributed by atoms with Gasteiger partial charge in [-0.2, -0.15) is 0 Å². The summed E-state index contributed by atoms with van der Waals surface area (Å²) in [5, 5.41) is 13.6. The van der Waals surface area contributed by atoms with E-state index in [4.69, 9.17) is 4.74 Å². The van der Waals surface area contributed by atoms with Gasteiger partial charge in [-0.3, -0.25) is 25.0 Å². The number of nitrogens with one attached hydrogen (secondary N) is 1. The topological polar surface area (TPSA) is 111 Å². The van der Waals surface area contributed by atoms with E-state index < -0.39 is 10.8 Å². The Kier molecular flexibility index (Phi) is 3.95. The second-order valence-corrected chi connectivity index (χ2v) is 6.43. The number of fused-ring (bicyclic) bond motifs is 1. The predicted octanol–water partition coefficient (Wildman–Crippen LogP) is 2.34. The average molecular weight is 335 g/mol. The lowest BCUT2D eigenvalue weighted by Gasteiger charge is -2.03. The predicted molar refractivity (Wildman–Crippen MR) is 83.1 cm³/mol. The number of nitrogens with zero attached hydrogens (tertiary/aromatic N) is 2. The standard InChI is InChI=1S/C14H13N3O5S/c1-7-4-9(7)13(19)22-6-12(18)16-14-15-10-3-2-8(17(20)21)5-11(10)23-14/h2-3,5,7,9H,4,6H2,1H3,(H,15,16,18). The Bertz CT molecular complexity index is 803. The highest BCUT2D eigenvalue weighted by Crippen LogP contribution is 2.38. The molecule has 1 fully saturated rings. The third kappa shape index (κ3) is 3.45. The highest BCUT2D eigenvalue weighted by molar-refractivity contribution is 7.22. The molecule has 0 radical (unpaired) electrons. The van der Waals surface area contributed by atoms with E-state index in [2.05, 4.69) is 10.3 Å². The van der Waals surface area contributed by atoms with Gasteiger partial charge >= 0.3 is 5.97 Å². The first-order valence-corrected chi connectivity index (χ1v) is 7.77. The van der Waals surface area contributed by atoms with E-state index in [0.29, 0.717) is 21.3 Å². The molecule has 3 rings (SSSR count). The normalized spacial score (nSPS) is 19.3. The summed E-state index contributed by atoms with van der Waals surface area (Å²) in [5.74, 6) is -0.607. The molecule has 120 valence electrons. The fraction of sp³-hybridized carbons (Fsp3) is 0.357. The van der Waals surface area contributed by atoms with Gasteiger partial charge in [0.2, 0.25) is 0 Å². The summed E-state index contributed by atoms with van der Waals surface area (Å²) in [6, 6.07) is 4.28. The lowest BCUT2D eigenvalue weighted by Crippen LogP contribution is -2.21. The van der Waals surface area contributed by atoms with E-state index in [-0.39, 0.29) is 24.2 Å². The van der Waals surface area contributed by atoms with Gasteiger partial charge < -0.3 is 4.74 Å². The number of hydrogen-bond donors (Lipinski definition) is 1. The van der Waals surface area contributed by atoms with Crippen LogP contribution in [0.2, 0.25) is 0 Å². The minimum atomic E-state index is -0.490. The molecule has 0 aliphatic heterocycles. The number of esters is 1. The third-order valence-corrected chi connectivity index (χ3v) is 4.52. The molecule has 1 aromatic carbocycles. The zero-order chi connectivity index (χ0) is 16.6. The van der Waals surface area contributed by atoms with E-state index in [1.54, 1.807) is 0 Å². The summed E-state index contributed by atoms with van der Waals surface area (Å²) in [4.78, 5) is 37.7. The van der Waals surface area contributed by atoms with Crippen molar-refractivity contribution in [3.05, 3.63) is 28.3 Å². The molecule has 1 heterocycles. The number of non-ortho nitro benzene ring substituents is 1. The summed E-state index contributed by atoms with van der Waals surface area (Å²) in [6.45, 7) is 1.59. The molecule has 1 aromatic heterocycles. The van der Waals surface area contributed by atoms with Crippen LogP contribution in [0.25, 0.3) is 10.2 Å². The Balaban J connectivity index is 1.60. The molecular weight excluding hydrogens is 322 g/mol. The van der Waals surface area contributed by atoms with Crippen LogP contribution in [0.4, 0.5) is 10.8 Å². The van der Waals surface area contributed by atoms with Crippen molar-refractivity contribution in [2.75, 3.05) is 11.9 Å². The van der Waals surface area contributed by atoms with Crippen molar-refractivity contribution in [2.24, 2.45) is 11.8 Å². The average Bonchev–Trinajstić information content (AvgIpc) is 3.09. The maximum Gasteiger partial charge on any atom is 0.309 e. The number of amides is 1. The zero-order valence-electron chi connectivity index (χ0n) is 12.1. The second kappa shape index (κ2) is 5.92. The van der Waals surface area contributed by atoms with Gasteiger partial charge in [0.05, 0.1) is 21.1 Å². The Labute approximate surface area is 134 Å². The van der Waals surface area contributed by atoms with Crippen LogP contribution >= 0.6 is 11.3 Å². The monoisotopic (exact) mass is 335 g/mol. The summed E-state index contributed by atoms with van der Waals surface area (Å²) in [7, 11) is 0. The Morgan fingerprint density at radius 3 is 2.91 bits per heavy atom. The van der Waals surface area contributed by atoms with Crippen LogP contribution in [0.1, 0.15) is 13.3 Å². The number of benzene rings is 1. The van der Waals surface area contributed by atoms with E-state index in [1.807, 2.05) is 6.92 Å². The van der Waals surface area contributed by atoms with Crippen molar-refractivity contribution in [1.82, 2.24) is 4.98 Å². The van der Waals surface area contributed by atoms with E-state index in [9.17, 15) is 19.7 Å². The molecule has 2 aromatic rings. The van der Waals surface area contributed by atoms with Crippen LogP contribution < -0.4 is 5.32 Å². The SMILES string of the molecule is CC1CC1C(=O)OCC(=O)Nc1nc2ccc([N+](=O)[O-])cc2s1. The number of anilines is 1. The summed E-state index contributed by atoms with van der Waals surface area (Å²) in [6.07, 6.45) is 0.803. The van der Waals surface area contributed by atoms with Crippen LogP contribution in [-0.4, -0.2) is 28.4 Å². The van der Waals surface area contributed by atoms with Gasteiger partial charge in [0, 0.05) is 12.1 Å². The van der Waals surface area contributed by atoms with Crippen LogP contribution in [-0.2, 0) is 14.3 Å². The molecule has 9 heteroatoms. The van der Waals surface area contributed by atoms with Gasteiger partial charge in [-0.25, -0.2) is 4.98 Å². The summed E-state index contributed by atoms with van der Waals surface area (Å²) >= 11 is 1.12. The minimum absolute atomic E-state index is 0.0356. The second-order valence-electron chi connectivity index (χ2n) is 5.40. The van der Waals surface area contributed by atoms with Crippen molar-refractivity contribution in [1.29, 1.82) is 0 Å². The maximum absolute atomic E-state index is 11.8. The molecule has 23 heavy (non-hydrogen) atoms. The first-order valence-electron chi connectivity index (χ1n) is 6.95. The molecule has 1 aliphatic carbocycles. The lowest BCUT2D eigenvalue weighted by molar-refractivity contribution is -0.384. The fourth-order valence-electron chi connectivity index (χ4n) is 2.13. The largest absolute Gasteiger partial charge is 0.455 e. The molecule has 1 N–H and O–H groups in total. The number of ether oxygens (including phenoxy) is 1. The van der Waals surface area contributed by atoms with E-state index in [0.717, 1.165) is 17.8 Å². The first-order chi connectivity index (χ1) is 10.9. The molecule has 8 nitrogen and oxygen atoms in total. The lowest BCUT2D eigenvalue weighted by atomic mass is 10.3. The van der Waals surface area contributed by atoms with Crippen molar-refractivity contribution in [3.63, 3.8) is 0 Å². The highest BCUT2D eigenvalue weighted by Gasteiger charge is 2.40. The Hall–Kier alpha value is -2.55. The molecule has 2 unspecified atom stereocenters. The zero-order valence-corrected chi connectivity index (χ0v) is 13.0. The molecule has 0 saturated heterocycles. The van der Waals surface area contributed by atoms with Crippen LogP contribution in [0.3, 0.4) is 0 Å². The Morgan fingerprint density at radius 2 is 2.26 bits per heavy atom. The molecule has 0 spiro atoms. The summed E-state index contributed by atoms with van der Waals surface area (Å²) in [5.41, 5.74) is 0.520. The van der Waals surface area contributed by atoms with Gasteiger partial charge in [-0.15, -0.1) is 0 Å². The maximum atomic E-state index is 11.8. The Morgan fingerprint density at radius 1 is 1.52 bits per heavy atom. The molecule has 0 bridgehead atoms. The molecular formula is C14H13N3O5S. The van der Waals surface area contributed by atoms with Gasteiger partial charge in [0.15, 0.2) is 11.7 Å². The number of carbonyl (C=O) groups is 2. The van der Waals surface area contributed by atoms with Gasteiger partial charge in [-0.1, -0.05) is 18.3 Å². The van der Waals surface area contributed by atoms with Gasteiger partial charge in [-0.05, 0) is 18.4 Å². The number of nitro groups is 1. The number of carbonyl (C=O) groups excluding carboxylic acids is 2. The number of thiazole rings is 1. The quantitative estimate of drug-likeness (QED) is 0.510. The minimum Gasteiger partial charge on any atom is -0.455 e. The number of nitro benzene ring substituents is 1. The molecule has 2 atom stereocenters. The highest BCUT2D eigenvalue weighted by atomic mass is 32.1. The number of hydrogen-bond acceptors (Lipinski definition) is 7. The molecule has 1 saturated carbocycles. The van der Waals surface area contributed by atoms with Crippen LogP contribution in [0.15, 0.2) is 18.2 Å². The van der Waals surface area contributed by atoms with E-state index >= 15 is 0 Å². The van der Waals surface area contributed by atoms with Crippen molar-refractivity contribution in [3.8, 4) is 0 Å². The van der Waals surface area contributed by atoms with Gasteiger partial charge in [0.25, 0.3) is 11.6 Å². The molecule has 1 amide bonds. The number of rotatable bonds is 5. The van der Waals surface area contributed by atoms with Crippen LogP contribution in [0.5, 0.6) is 0 Å². The summed E-state index contributed by atoms with van der Waals surface area (Å²) < 4.78 is 5.53. The smallest absolute Gasteiger partial charge is 0.309 e.